The molecule has 0 N–H and O–H groups in total. The van der Waals surface area contributed by atoms with Crippen LogP contribution in [0.4, 0.5) is 5.69 Å². The van der Waals surface area contributed by atoms with Gasteiger partial charge in [0.15, 0.2) is 5.78 Å². The maximum atomic E-state index is 13.0. The second-order valence-electron chi connectivity index (χ2n) is 6.96. The maximum Gasteiger partial charge on any atom is 0.328 e. The molecular weight excluding hydrogens is 392 g/mol. The number of Topliss-reactive ketones (excluding diaryl/α,β-unsaturated/α-hetero) is 1. The van der Waals surface area contributed by atoms with Crippen molar-refractivity contribution >= 4 is 34.9 Å². The topological polar surface area (TPSA) is 66.9 Å². The molecule has 3 rings (SSSR count). The normalized spacial score (nSPS) is 15.2. The highest BCUT2D eigenvalue weighted by molar-refractivity contribution is 6.31. The Morgan fingerprint density at radius 2 is 1.86 bits per heavy atom. The minimum absolute atomic E-state index is 0.0584. The number of ether oxygens (including phenoxy) is 1. The van der Waals surface area contributed by atoms with Crippen LogP contribution in [0.25, 0.3) is 0 Å². The van der Waals surface area contributed by atoms with Gasteiger partial charge >= 0.3 is 5.97 Å². The lowest BCUT2D eigenvalue weighted by Gasteiger charge is -2.39. The predicted octanol–water partition coefficient (Wildman–Crippen LogP) is 2.98. The predicted molar refractivity (Wildman–Crippen MR) is 111 cm³/mol. The average molecular weight is 415 g/mol. The van der Waals surface area contributed by atoms with Crippen LogP contribution in [-0.4, -0.2) is 55.3 Å². The van der Waals surface area contributed by atoms with E-state index in [4.69, 9.17) is 16.3 Å². The van der Waals surface area contributed by atoms with E-state index in [-0.39, 0.29) is 18.2 Å². The summed E-state index contributed by atoms with van der Waals surface area (Å²) >= 11 is 6.11. The molecular formula is C22H23ClN2O4. The fourth-order valence-electron chi connectivity index (χ4n) is 3.58. The van der Waals surface area contributed by atoms with Crippen molar-refractivity contribution in [3.8, 4) is 0 Å². The fourth-order valence-corrected chi connectivity index (χ4v) is 3.75. The lowest BCUT2D eigenvalue weighted by Crippen LogP contribution is -2.57. The van der Waals surface area contributed by atoms with E-state index in [0.717, 1.165) is 5.56 Å². The van der Waals surface area contributed by atoms with Gasteiger partial charge in [0.05, 0.1) is 13.7 Å². The molecule has 29 heavy (non-hydrogen) atoms. The number of hydrogen-bond acceptors (Lipinski definition) is 5. The van der Waals surface area contributed by atoms with E-state index >= 15 is 0 Å². The number of carbonyl (C=O) groups is 3. The van der Waals surface area contributed by atoms with Crippen LogP contribution in [0.15, 0.2) is 48.5 Å². The molecule has 1 amide bonds. The van der Waals surface area contributed by atoms with Crippen LogP contribution < -0.4 is 4.90 Å². The number of nitrogens with zero attached hydrogens (tertiary/aromatic N) is 2. The van der Waals surface area contributed by atoms with Crippen LogP contribution in [-0.2, 0) is 20.7 Å². The Labute approximate surface area is 175 Å². The summed E-state index contributed by atoms with van der Waals surface area (Å²) in [5, 5.41) is 0.497. The van der Waals surface area contributed by atoms with Gasteiger partial charge < -0.3 is 14.5 Å². The van der Waals surface area contributed by atoms with Crippen molar-refractivity contribution in [3.63, 3.8) is 0 Å². The summed E-state index contributed by atoms with van der Waals surface area (Å²) in [7, 11) is 1.33. The summed E-state index contributed by atoms with van der Waals surface area (Å²) in [6, 6.07) is 13.9. The minimum Gasteiger partial charge on any atom is -0.467 e. The van der Waals surface area contributed by atoms with Gasteiger partial charge in [0.25, 0.3) is 0 Å². The van der Waals surface area contributed by atoms with Gasteiger partial charge in [-0.25, -0.2) is 4.79 Å². The average Bonchev–Trinajstić information content (AvgIpc) is 2.72. The van der Waals surface area contributed by atoms with Crippen molar-refractivity contribution in [1.82, 2.24) is 4.90 Å². The molecule has 6 nitrogen and oxygen atoms in total. The van der Waals surface area contributed by atoms with E-state index in [2.05, 4.69) is 0 Å². The zero-order valence-corrected chi connectivity index (χ0v) is 17.2. The first-order valence-corrected chi connectivity index (χ1v) is 9.75. The Kier molecular flexibility index (Phi) is 6.54. The first-order valence-electron chi connectivity index (χ1n) is 9.37. The molecule has 152 valence electrons. The van der Waals surface area contributed by atoms with Gasteiger partial charge in [0, 0.05) is 35.8 Å². The number of ketones is 1. The molecule has 1 atom stereocenters. The second kappa shape index (κ2) is 9.09. The van der Waals surface area contributed by atoms with Gasteiger partial charge in [0.2, 0.25) is 5.91 Å². The third kappa shape index (κ3) is 4.77. The first-order chi connectivity index (χ1) is 13.9. The number of anilines is 1. The third-order valence-corrected chi connectivity index (χ3v) is 5.29. The van der Waals surface area contributed by atoms with Crippen LogP contribution in [0.3, 0.4) is 0 Å². The summed E-state index contributed by atoms with van der Waals surface area (Å²) in [5.74, 6) is -0.733. The Balaban J connectivity index is 1.81. The summed E-state index contributed by atoms with van der Waals surface area (Å²) in [5.41, 5.74) is 2.10. The van der Waals surface area contributed by atoms with Crippen molar-refractivity contribution in [3.05, 3.63) is 64.7 Å². The summed E-state index contributed by atoms with van der Waals surface area (Å²) in [6.45, 7) is 2.37. The number of carbonyl (C=O) groups excluding carboxylic acids is 3. The molecule has 2 aromatic rings. The Hall–Kier alpha value is -2.86. The SMILES string of the molecule is COC(=O)C(Cc1ccccc1)N1CCN(c2cc(Cl)ccc2C(C)=O)CC1=O. The van der Waals surface area contributed by atoms with Crippen LogP contribution in [0.5, 0.6) is 0 Å². The lowest BCUT2D eigenvalue weighted by molar-refractivity contribution is -0.153. The number of rotatable bonds is 6. The van der Waals surface area contributed by atoms with Crippen LogP contribution >= 0.6 is 11.6 Å². The third-order valence-electron chi connectivity index (χ3n) is 5.06. The van der Waals surface area contributed by atoms with Crippen LogP contribution in [0.2, 0.25) is 5.02 Å². The van der Waals surface area contributed by atoms with E-state index < -0.39 is 12.0 Å². The number of piperazine rings is 1. The van der Waals surface area contributed by atoms with E-state index in [1.165, 1.54) is 14.0 Å². The number of hydrogen-bond donors (Lipinski definition) is 0. The molecule has 0 saturated carbocycles. The number of halogens is 1. The summed E-state index contributed by atoms with van der Waals surface area (Å²) in [4.78, 5) is 40.7. The molecule has 0 spiro atoms. The molecule has 1 aliphatic rings. The molecule has 1 fully saturated rings. The standard InChI is InChI=1S/C22H23ClN2O4/c1-15(26)18-9-8-17(23)13-19(18)24-10-11-25(21(27)14-24)20(22(28)29-2)12-16-6-4-3-5-7-16/h3-9,13,20H,10-12,14H2,1-2H3. The number of amides is 1. The van der Waals surface area contributed by atoms with Gasteiger partial charge in [-0.1, -0.05) is 41.9 Å². The van der Waals surface area contributed by atoms with Crippen molar-refractivity contribution in [1.29, 1.82) is 0 Å². The van der Waals surface area contributed by atoms with Crippen molar-refractivity contribution in [2.24, 2.45) is 0 Å². The largest absolute Gasteiger partial charge is 0.467 e. The van der Waals surface area contributed by atoms with Crippen LogP contribution in [0, 0.1) is 0 Å². The highest BCUT2D eigenvalue weighted by atomic mass is 35.5. The van der Waals surface area contributed by atoms with E-state index in [1.54, 1.807) is 23.1 Å². The Bertz CT molecular complexity index is 916. The lowest BCUT2D eigenvalue weighted by atomic mass is 10.0. The van der Waals surface area contributed by atoms with Gasteiger partial charge in [-0.15, -0.1) is 0 Å². The molecule has 1 unspecified atom stereocenters. The van der Waals surface area contributed by atoms with E-state index in [1.807, 2.05) is 35.2 Å². The van der Waals surface area contributed by atoms with Gasteiger partial charge in [-0.05, 0) is 30.7 Å². The Morgan fingerprint density at radius 3 is 2.48 bits per heavy atom. The highest BCUT2D eigenvalue weighted by Crippen LogP contribution is 2.27. The molecule has 1 aliphatic heterocycles. The summed E-state index contributed by atoms with van der Waals surface area (Å²) < 4.78 is 4.96. The van der Waals surface area contributed by atoms with Crippen molar-refractivity contribution in [2.75, 3.05) is 31.6 Å². The van der Waals surface area contributed by atoms with Gasteiger partial charge in [-0.2, -0.15) is 0 Å². The number of benzene rings is 2. The zero-order chi connectivity index (χ0) is 21.0. The monoisotopic (exact) mass is 414 g/mol. The first kappa shape index (κ1) is 20.9. The fraction of sp³-hybridized carbons (Fsp3) is 0.318. The minimum atomic E-state index is -0.691. The molecule has 1 heterocycles. The van der Waals surface area contributed by atoms with Crippen LogP contribution in [0.1, 0.15) is 22.8 Å². The Morgan fingerprint density at radius 1 is 1.14 bits per heavy atom. The highest BCUT2D eigenvalue weighted by Gasteiger charge is 2.35. The van der Waals surface area contributed by atoms with Gasteiger partial charge in [0.1, 0.15) is 6.04 Å². The maximum absolute atomic E-state index is 13.0. The molecule has 2 aromatic carbocycles. The quantitative estimate of drug-likeness (QED) is 0.537. The zero-order valence-electron chi connectivity index (χ0n) is 16.4. The van der Waals surface area contributed by atoms with Gasteiger partial charge in [-0.3, -0.25) is 9.59 Å². The second-order valence-corrected chi connectivity index (χ2v) is 7.39. The number of esters is 1. The molecule has 1 saturated heterocycles. The molecule has 0 bridgehead atoms. The molecule has 0 aliphatic carbocycles. The van der Waals surface area contributed by atoms with E-state index in [9.17, 15) is 14.4 Å². The van der Waals surface area contributed by atoms with E-state index in [0.29, 0.717) is 35.8 Å². The van der Waals surface area contributed by atoms with Crippen molar-refractivity contribution < 1.29 is 19.1 Å². The molecule has 0 radical (unpaired) electrons. The number of methoxy groups -OCH3 is 1. The molecule has 7 heteroatoms. The smallest absolute Gasteiger partial charge is 0.328 e. The van der Waals surface area contributed by atoms with Crippen molar-refractivity contribution in [2.45, 2.75) is 19.4 Å². The molecule has 0 aromatic heterocycles. The summed E-state index contributed by atoms with van der Waals surface area (Å²) in [6.07, 6.45) is 0.384.